The van der Waals surface area contributed by atoms with E-state index in [1.165, 1.54) is 30.3 Å². The highest BCUT2D eigenvalue weighted by atomic mass is 32.2. The van der Waals surface area contributed by atoms with Gasteiger partial charge in [-0.15, -0.1) is 0 Å². The number of thioether (sulfide) groups is 1. The van der Waals surface area contributed by atoms with Crippen molar-refractivity contribution >= 4 is 46.3 Å². The molecule has 0 atom stereocenters. The Labute approximate surface area is 223 Å². The second-order valence-electron chi connectivity index (χ2n) is 7.92. The molecule has 0 aromatic heterocycles. The van der Waals surface area contributed by atoms with Crippen LogP contribution in [0.5, 0.6) is 11.5 Å². The van der Waals surface area contributed by atoms with Crippen molar-refractivity contribution < 1.29 is 41.7 Å². The first-order valence-corrected chi connectivity index (χ1v) is 12.1. The lowest BCUT2D eigenvalue weighted by molar-refractivity contribution is -0.140. The number of benzene rings is 3. The molecule has 0 bridgehead atoms. The third kappa shape index (κ3) is 6.50. The van der Waals surface area contributed by atoms with Gasteiger partial charge in [-0.2, -0.15) is 0 Å². The van der Waals surface area contributed by atoms with Crippen LogP contribution in [-0.2, 0) is 22.8 Å². The van der Waals surface area contributed by atoms with Gasteiger partial charge < -0.3 is 14.6 Å². The maximum absolute atomic E-state index is 14.1. The molecule has 1 fully saturated rings. The summed E-state index contributed by atoms with van der Waals surface area (Å²) in [4.78, 5) is 24.7. The summed E-state index contributed by atoms with van der Waals surface area (Å²) in [5.74, 6) is -4.69. The molecule has 0 spiro atoms. The number of carboxylic acids is 1. The first-order chi connectivity index (χ1) is 18.1. The van der Waals surface area contributed by atoms with E-state index in [1.807, 2.05) is 0 Å². The van der Waals surface area contributed by atoms with E-state index in [9.17, 15) is 27.2 Å². The van der Waals surface area contributed by atoms with Crippen LogP contribution in [0.3, 0.4) is 0 Å². The molecule has 3 aromatic carbocycles. The molecule has 38 heavy (non-hydrogen) atoms. The smallest absolute Gasteiger partial charge is 0.323 e. The van der Waals surface area contributed by atoms with Gasteiger partial charge in [-0.25, -0.2) is 17.6 Å². The largest absolute Gasteiger partial charge is 0.485 e. The van der Waals surface area contributed by atoms with Gasteiger partial charge in [0.1, 0.15) is 47.3 Å². The molecule has 0 radical (unpaired) electrons. The summed E-state index contributed by atoms with van der Waals surface area (Å²) in [5, 5.41) is 9.00. The first kappa shape index (κ1) is 27.1. The number of ether oxygens (including phenoxy) is 2. The number of hydrogen-bond acceptors (Lipinski definition) is 6. The summed E-state index contributed by atoms with van der Waals surface area (Å²) in [5.41, 5.74) is 0.575. The minimum atomic E-state index is -1.22. The average molecular weight is 564 g/mol. The van der Waals surface area contributed by atoms with Crippen LogP contribution in [0.25, 0.3) is 6.08 Å². The Morgan fingerprint density at radius 1 is 0.895 bits per heavy atom. The van der Waals surface area contributed by atoms with Gasteiger partial charge in [-0.05, 0) is 48.0 Å². The molecule has 6 nitrogen and oxygen atoms in total. The molecule has 4 rings (SSSR count). The standard InChI is InChI=1S/C26H17F4NO5S2/c27-17-4-2-15(19(29)9-17)12-35-21-6-1-14(8-23-25(34)31(11-24(32)33)26(37)38-23)7-22(21)36-13-16-3-5-18(28)10-20(16)30/h1-10H,11-13H2,(H,32,33). The molecule has 3 aromatic rings. The van der Waals surface area contributed by atoms with Crippen LogP contribution in [-0.4, -0.2) is 32.7 Å². The summed E-state index contributed by atoms with van der Waals surface area (Å²) < 4.78 is 66.2. The summed E-state index contributed by atoms with van der Waals surface area (Å²) >= 11 is 6.02. The van der Waals surface area contributed by atoms with Crippen molar-refractivity contribution in [1.82, 2.24) is 4.90 Å². The number of halogens is 4. The van der Waals surface area contributed by atoms with Crippen LogP contribution in [0.4, 0.5) is 17.6 Å². The van der Waals surface area contributed by atoms with Crippen molar-refractivity contribution in [3.63, 3.8) is 0 Å². The van der Waals surface area contributed by atoms with Crippen LogP contribution in [0.2, 0.25) is 0 Å². The topological polar surface area (TPSA) is 76.1 Å². The summed E-state index contributed by atoms with van der Waals surface area (Å²) in [7, 11) is 0. The molecule has 1 aliphatic rings. The van der Waals surface area contributed by atoms with E-state index in [1.54, 1.807) is 6.07 Å². The fourth-order valence-corrected chi connectivity index (χ4v) is 4.61. The summed E-state index contributed by atoms with van der Waals surface area (Å²) in [6.45, 7) is -1.16. The van der Waals surface area contributed by atoms with Crippen molar-refractivity contribution in [2.75, 3.05) is 6.54 Å². The van der Waals surface area contributed by atoms with E-state index in [2.05, 4.69) is 0 Å². The minimum Gasteiger partial charge on any atom is -0.485 e. The number of carbonyl (C=O) groups excluding carboxylic acids is 1. The number of thiocarbonyl (C=S) groups is 1. The van der Waals surface area contributed by atoms with Gasteiger partial charge in [0, 0.05) is 23.3 Å². The number of nitrogens with zero attached hydrogens (tertiary/aromatic N) is 1. The fourth-order valence-electron chi connectivity index (χ4n) is 3.36. The summed E-state index contributed by atoms with van der Waals surface area (Å²) in [6.07, 6.45) is 1.47. The molecule has 1 saturated heterocycles. The van der Waals surface area contributed by atoms with Crippen LogP contribution < -0.4 is 9.47 Å². The highest BCUT2D eigenvalue weighted by Gasteiger charge is 2.33. The van der Waals surface area contributed by atoms with Crippen molar-refractivity contribution in [2.24, 2.45) is 0 Å². The molecule has 196 valence electrons. The lowest BCUT2D eigenvalue weighted by Gasteiger charge is -2.15. The Hall–Kier alpha value is -3.90. The normalized spacial score (nSPS) is 14.3. The number of hydrogen-bond donors (Lipinski definition) is 1. The van der Waals surface area contributed by atoms with Crippen LogP contribution in [0.1, 0.15) is 16.7 Å². The van der Waals surface area contributed by atoms with E-state index >= 15 is 0 Å². The molecule has 0 saturated carbocycles. The quantitative estimate of drug-likeness (QED) is 0.204. The SMILES string of the molecule is O=C(O)CN1C(=O)C(=Cc2ccc(OCc3ccc(F)cc3F)c(OCc3ccc(F)cc3F)c2)SC1=S. The van der Waals surface area contributed by atoms with E-state index in [4.69, 9.17) is 26.8 Å². The van der Waals surface area contributed by atoms with Crippen molar-refractivity contribution in [3.05, 3.63) is 99.5 Å². The maximum Gasteiger partial charge on any atom is 0.323 e. The van der Waals surface area contributed by atoms with Gasteiger partial charge in [0.2, 0.25) is 0 Å². The molecular formula is C26H17F4NO5S2. The van der Waals surface area contributed by atoms with Crippen molar-refractivity contribution in [3.8, 4) is 11.5 Å². The summed E-state index contributed by atoms with van der Waals surface area (Å²) in [6, 6.07) is 10.5. The van der Waals surface area contributed by atoms with E-state index in [0.29, 0.717) is 11.6 Å². The first-order valence-electron chi connectivity index (χ1n) is 10.9. The number of carboxylic acid groups (broad SMARTS) is 1. The minimum absolute atomic E-state index is 0.0573. The molecule has 1 N–H and O–H groups in total. The lowest BCUT2D eigenvalue weighted by atomic mass is 10.1. The molecule has 1 amide bonds. The third-order valence-corrected chi connectivity index (χ3v) is 6.61. The zero-order chi connectivity index (χ0) is 27.4. The molecule has 0 aliphatic carbocycles. The Morgan fingerprint density at radius 3 is 2.03 bits per heavy atom. The number of amides is 1. The molecule has 1 heterocycles. The zero-order valence-corrected chi connectivity index (χ0v) is 20.9. The molecule has 12 heteroatoms. The van der Waals surface area contributed by atoms with Crippen LogP contribution in [0, 0.1) is 23.3 Å². The van der Waals surface area contributed by atoms with E-state index < -0.39 is 41.7 Å². The van der Waals surface area contributed by atoms with Crippen molar-refractivity contribution in [2.45, 2.75) is 13.2 Å². The monoisotopic (exact) mass is 563 g/mol. The van der Waals surface area contributed by atoms with Crippen molar-refractivity contribution in [1.29, 1.82) is 0 Å². The number of aliphatic carboxylic acids is 1. The number of carbonyl (C=O) groups is 2. The Balaban J connectivity index is 1.61. The highest BCUT2D eigenvalue weighted by molar-refractivity contribution is 8.26. The predicted octanol–water partition coefficient (Wildman–Crippen LogP) is 5.69. The Kier molecular flexibility index (Phi) is 8.32. The van der Waals surface area contributed by atoms with Gasteiger partial charge in [0.15, 0.2) is 11.5 Å². The van der Waals surface area contributed by atoms with Crippen LogP contribution >= 0.6 is 24.0 Å². The van der Waals surface area contributed by atoms with Gasteiger partial charge in [-0.1, -0.05) is 30.0 Å². The fraction of sp³-hybridized carbons (Fsp3) is 0.115. The predicted molar refractivity (Wildman–Crippen MR) is 135 cm³/mol. The van der Waals surface area contributed by atoms with Gasteiger partial charge in [0.25, 0.3) is 5.91 Å². The van der Waals surface area contributed by atoms with E-state index in [0.717, 1.165) is 34.9 Å². The van der Waals surface area contributed by atoms with Gasteiger partial charge >= 0.3 is 5.97 Å². The lowest BCUT2D eigenvalue weighted by Crippen LogP contribution is -2.33. The molecule has 1 aliphatic heterocycles. The Morgan fingerprint density at radius 2 is 1.47 bits per heavy atom. The molecule has 0 unspecified atom stereocenters. The average Bonchev–Trinajstić information content (AvgIpc) is 3.10. The Bertz CT molecular complexity index is 1460. The van der Waals surface area contributed by atoms with E-state index in [-0.39, 0.29) is 45.1 Å². The zero-order valence-electron chi connectivity index (χ0n) is 19.3. The van der Waals surface area contributed by atoms with Crippen LogP contribution in [0.15, 0.2) is 59.5 Å². The molecular weight excluding hydrogens is 546 g/mol. The maximum atomic E-state index is 14.1. The second kappa shape index (κ2) is 11.7. The second-order valence-corrected chi connectivity index (χ2v) is 9.59. The third-order valence-electron chi connectivity index (χ3n) is 5.23. The number of rotatable bonds is 9. The van der Waals surface area contributed by atoms with Gasteiger partial charge in [-0.3, -0.25) is 14.5 Å². The highest BCUT2D eigenvalue weighted by Crippen LogP contribution is 2.35. The van der Waals surface area contributed by atoms with Gasteiger partial charge in [0.05, 0.1) is 4.91 Å².